The minimum absolute atomic E-state index is 0.103. The summed E-state index contributed by atoms with van der Waals surface area (Å²) in [6.45, 7) is 8.78. The van der Waals surface area contributed by atoms with Gasteiger partial charge in [-0.05, 0) is 25.2 Å². The van der Waals surface area contributed by atoms with Gasteiger partial charge in [-0.2, -0.15) is 12.6 Å². The number of carbonyl (C=O) groups excluding carboxylic acids is 3. The molecule has 0 radical (unpaired) electrons. The van der Waals surface area contributed by atoms with Crippen molar-refractivity contribution in [2.75, 3.05) is 5.75 Å². The first-order valence-corrected chi connectivity index (χ1v) is 10.1. The average Bonchev–Trinajstić information content (AvgIpc) is 2.62. The Kier molecular flexibility index (Phi) is 11.8. The summed E-state index contributed by atoms with van der Waals surface area (Å²) in [4.78, 5) is 48.4. The van der Waals surface area contributed by atoms with Gasteiger partial charge in [-0.3, -0.25) is 19.2 Å². The summed E-state index contributed by atoms with van der Waals surface area (Å²) in [7, 11) is 0. The van der Waals surface area contributed by atoms with E-state index in [0.717, 1.165) is 0 Å². The van der Waals surface area contributed by atoms with E-state index in [1.807, 2.05) is 20.8 Å². The summed E-state index contributed by atoms with van der Waals surface area (Å²) >= 11 is 3.98. The maximum atomic E-state index is 12.8. The van der Waals surface area contributed by atoms with Crippen LogP contribution in [0.4, 0.5) is 0 Å². The minimum Gasteiger partial charge on any atom is -0.480 e. The normalized spacial score (nSPS) is 16.4. The highest BCUT2D eigenvalue weighted by molar-refractivity contribution is 7.80. The molecular weight excluding hydrogens is 384 g/mol. The fraction of sp³-hybridized carbons (Fsp3) is 0.778. The standard InChI is InChI=1S/C18H34N4O5S/c1-6-10(4)14(17(25)20-11(5)18(26)27)22-16(24)13(7-9(2)3)21-15(23)12(19)8-28/h9-14,28H,6-8,19H2,1-5H3,(H,20,25)(H,21,23)(H,22,24)(H,26,27). The summed E-state index contributed by atoms with van der Waals surface area (Å²) in [5, 5.41) is 16.6. The quantitative estimate of drug-likeness (QED) is 0.244. The van der Waals surface area contributed by atoms with Gasteiger partial charge in [-0.25, -0.2) is 0 Å². The molecule has 0 aliphatic rings. The van der Waals surface area contributed by atoms with Crippen molar-refractivity contribution < 1.29 is 24.3 Å². The van der Waals surface area contributed by atoms with Crippen molar-refractivity contribution in [3.05, 3.63) is 0 Å². The molecule has 0 fully saturated rings. The van der Waals surface area contributed by atoms with Crippen LogP contribution in [-0.2, 0) is 19.2 Å². The van der Waals surface area contributed by atoms with Crippen LogP contribution >= 0.6 is 12.6 Å². The zero-order valence-corrected chi connectivity index (χ0v) is 18.1. The molecule has 0 aromatic rings. The Hall–Kier alpha value is -1.81. The van der Waals surface area contributed by atoms with Crippen LogP contribution in [0.25, 0.3) is 0 Å². The molecule has 9 nitrogen and oxygen atoms in total. The van der Waals surface area contributed by atoms with E-state index in [9.17, 15) is 19.2 Å². The molecule has 28 heavy (non-hydrogen) atoms. The monoisotopic (exact) mass is 418 g/mol. The SMILES string of the molecule is CCC(C)C(NC(=O)C(CC(C)C)NC(=O)C(N)CS)C(=O)NC(C)C(=O)O. The molecule has 5 unspecified atom stereocenters. The first-order chi connectivity index (χ1) is 12.9. The number of aliphatic carboxylic acids is 1. The van der Waals surface area contributed by atoms with E-state index in [1.165, 1.54) is 6.92 Å². The smallest absolute Gasteiger partial charge is 0.325 e. The second-order valence-corrected chi connectivity index (χ2v) is 7.79. The van der Waals surface area contributed by atoms with E-state index in [4.69, 9.17) is 10.8 Å². The number of thiol groups is 1. The molecule has 10 heteroatoms. The second-order valence-electron chi connectivity index (χ2n) is 7.42. The lowest BCUT2D eigenvalue weighted by Crippen LogP contribution is -2.58. The summed E-state index contributed by atoms with van der Waals surface area (Å²) in [5.74, 6) is -2.78. The Labute approximate surface area is 172 Å². The number of amides is 3. The molecule has 0 aliphatic heterocycles. The Balaban J connectivity index is 5.36. The predicted molar refractivity (Wildman–Crippen MR) is 110 cm³/mol. The molecule has 0 saturated heterocycles. The van der Waals surface area contributed by atoms with Gasteiger partial charge in [0.05, 0.1) is 6.04 Å². The zero-order valence-electron chi connectivity index (χ0n) is 17.2. The third-order valence-electron chi connectivity index (χ3n) is 4.40. The van der Waals surface area contributed by atoms with Gasteiger partial charge >= 0.3 is 5.97 Å². The third kappa shape index (κ3) is 8.92. The number of carboxylic acid groups (broad SMARTS) is 1. The van der Waals surface area contributed by atoms with E-state index in [2.05, 4.69) is 28.6 Å². The van der Waals surface area contributed by atoms with Crippen molar-refractivity contribution in [2.45, 2.75) is 71.6 Å². The Bertz CT molecular complexity index is 558. The number of hydrogen-bond donors (Lipinski definition) is 6. The lowest BCUT2D eigenvalue weighted by Gasteiger charge is -2.28. The largest absolute Gasteiger partial charge is 0.480 e. The van der Waals surface area contributed by atoms with Gasteiger partial charge in [-0.1, -0.05) is 34.1 Å². The predicted octanol–water partition coefficient (Wildman–Crippen LogP) is -0.105. The number of carbonyl (C=O) groups is 4. The van der Waals surface area contributed by atoms with E-state index < -0.39 is 47.9 Å². The Morgan fingerprint density at radius 2 is 1.54 bits per heavy atom. The third-order valence-corrected chi connectivity index (χ3v) is 4.79. The molecule has 0 rings (SSSR count). The van der Waals surface area contributed by atoms with Gasteiger partial charge in [-0.15, -0.1) is 0 Å². The van der Waals surface area contributed by atoms with Crippen molar-refractivity contribution in [3.63, 3.8) is 0 Å². The minimum atomic E-state index is -1.17. The topological polar surface area (TPSA) is 151 Å². The van der Waals surface area contributed by atoms with Crippen LogP contribution in [0.3, 0.4) is 0 Å². The van der Waals surface area contributed by atoms with Crippen LogP contribution in [0.15, 0.2) is 0 Å². The van der Waals surface area contributed by atoms with E-state index >= 15 is 0 Å². The fourth-order valence-corrected chi connectivity index (χ4v) is 2.55. The van der Waals surface area contributed by atoms with E-state index in [1.54, 1.807) is 6.92 Å². The molecule has 162 valence electrons. The second kappa shape index (κ2) is 12.6. The average molecular weight is 419 g/mol. The summed E-state index contributed by atoms with van der Waals surface area (Å²) in [5.41, 5.74) is 5.66. The molecule has 0 saturated carbocycles. The van der Waals surface area contributed by atoms with Gasteiger partial charge in [0.2, 0.25) is 17.7 Å². The molecule has 0 aromatic heterocycles. The molecule has 0 heterocycles. The van der Waals surface area contributed by atoms with Crippen LogP contribution in [0.5, 0.6) is 0 Å². The van der Waals surface area contributed by atoms with Crippen molar-refractivity contribution in [1.29, 1.82) is 0 Å². The van der Waals surface area contributed by atoms with Crippen LogP contribution < -0.4 is 21.7 Å². The first-order valence-electron chi connectivity index (χ1n) is 9.44. The maximum Gasteiger partial charge on any atom is 0.325 e. The van der Waals surface area contributed by atoms with E-state index in [0.29, 0.717) is 12.8 Å². The van der Waals surface area contributed by atoms with Gasteiger partial charge in [0.1, 0.15) is 18.1 Å². The van der Waals surface area contributed by atoms with Crippen molar-refractivity contribution in [2.24, 2.45) is 17.6 Å². The number of carboxylic acids is 1. The fourth-order valence-electron chi connectivity index (χ4n) is 2.39. The summed E-state index contributed by atoms with van der Waals surface area (Å²) in [6.07, 6.45) is 0.947. The molecule has 3 amide bonds. The van der Waals surface area contributed by atoms with Crippen LogP contribution in [0, 0.1) is 11.8 Å². The highest BCUT2D eigenvalue weighted by Crippen LogP contribution is 2.11. The Morgan fingerprint density at radius 3 is 1.96 bits per heavy atom. The zero-order chi connectivity index (χ0) is 22.0. The molecule has 0 aliphatic carbocycles. The molecule has 0 spiro atoms. The van der Waals surface area contributed by atoms with Crippen molar-refractivity contribution in [1.82, 2.24) is 16.0 Å². The van der Waals surface area contributed by atoms with Gasteiger partial charge in [0.15, 0.2) is 0 Å². The van der Waals surface area contributed by atoms with Gasteiger partial charge in [0.25, 0.3) is 0 Å². The summed E-state index contributed by atoms with van der Waals surface area (Å²) in [6, 6.07) is -3.73. The summed E-state index contributed by atoms with van der Waals surface area (Å²) < 4.78 is 0. The molecule has 6 N–H and O–H groups in total. The van der Waals surface area contributed by atoms with Gasteiger partial charge < -0.3 is 26.8 Å². The maximum absolute atomic E-state index is 12.8. The molecule has 0 aromatic carbocycles. The first kappa shape index (κ1) is 26.2. The number of hydrogen-bond acceptors (Lipinski definition) is 6. The van der Waals surface area contributed by atoms with Crippen molar-refractivity contribution in [3.8, 4) is 0 Å². The highest BCUT2D eigenvalue weighted by atomic mass is 32.1. The number of nitrogens with one attached hydrogen (secondary N) is 3. The van der Waals surface area contributed by atoms with Crippen LogP contribution in [0.1, 0.15) is 47.5 Å². The molecule has 5 atom stereocenters. The van der Waals surface area contributed by atoms with E-state index in [-0.39, 0.29) is 17.6 Å². The Morgan fingerprint density at radius 1 is 0.964 bits per heavy atom. The number of nitrogens with two attached hydrogens (primary N) is 1. The molecule has 0 bridgehead atoms. The van der Waals surface area contributed by atoms with Gasteiger partial charge in [0, 0.05) is 5.75 Å². The lowest BCUT2D eigenvalue weighted by atomic mass is 9.96. The molecular formula is C18H34N4O5S. The van der Waals surface area contributed by atoms with Crippen LogP contribution in [-0.4, -0.2) is 58.7 Å². The lowest BCUT2D eigenvalue weighted by molar-refractivity contribution is -0.142. The van der Waals surface area contributed by atoms with Crippen LogP contribution in [0.2, 0.25) is 0 Å². The van der Waals surface area contributed by atoms with Crippen molar-refractivity contribution >= 4 is 36.3 Å². The highest BCUT2D eigenvalue weighted by Gasteiger charge is 2.32. The number of rotatable bonds is 12.